The third-order valence-corrected chi connectivity index (χ3v) is 4.15. The first-order valence-corrected chi connectivity index (χ1v) is 7.92. The summed E-state index contributed by atoms with van der Waals surface area (Å²) >= 11 is 0. The number of halogens is 1. The number of aliphatic hydroxyl groups is 1. The SMILES string of the molecule is O=C(Nc1cccnc1N1CCC(CO)CC1)c1cccc(F)n1. The lowest BCUT2D eigenvalue weighted by atomic mass is 9.98. The molecular weight excluding hydrogens is 311 g/mol. The highest BCUT2D eigenvalue weighted by molar-refractivity contribution is 6.04. The Morgan fingerprint density at radius 3 is 2.79 bits per heavy atom. The van der Waals surface area contributed by atoms with E-state index in [2.05, 4.69) is 20.2 Å². The molecule has 1 aliphatic heterocycles. The van der Waals surface area contributed by atoms with Crippen molar-refractivity contribution in [1.82, 2.24) is 9.97 Å². The van der Waals surface area contributed by atoms with E-state index in [0.29, 0.717) is 17.4 Å². The maximum atomic E-state index is 13.2. The maximum absolute atomic E-state index is 13.2. The van der Waals surface area contributed by atoms with Crippen LogP contribution < -0.4 is 10.2 Å². The smallest absolute Gasteiger partial charge is 0.274 e. The van der Waals surface area contributed by atoms with Crippen LogP contribution in [0.15, 0.2) is 36.5 Å². The summed E-state index contributed by atoms with van der Waals surface area (Å²) in [6, 6.07) is 7.59. The van der Waals surface area contributed by atoms with Gasteiger partial charge >= 0.3 is 0 Å². The number of carbonyl (C=O) groups excluding carboxylic acids is 1. The first-order chi connectivity index (χ1) is 11.7. The van der Waals surface area contributed by atoms with Crippen LogP contribution >= 0.6 is 0 Å². The minimum Gasteiger partial charge on any atom is -0.396 e. The van der Waals surface area contributed by atoms with Gasteiger partial charge in [-0.2, -0.15) is 4.39 Å². The Bertz CT molecular complexity index is 717. The minimum atomic E-state index is -0.694. The molecule has 0 aromatic carbocycles. The van der Waals surface area contributed by atoms with Crippen molar-refractivity contribution in [3.05, 3.63) is 48.2 Å². The highest BCUT2D eigenvalue weighted by atomic mass is 19.1. The van der Waals surface area contributed by atoms with Crippen molar-refractivity contribution in [2.24, 2.45) is 5.92 Å². The number of aliphatic hydroxyl groups excluding tert-OH is 1. The standard InChI is InChI=1S/C17H19FN4O2/c18-15-5-1-3-14(20-15)17(24)21-13-4-2-8-19-16(13)22-9-6-12(11-23)7-10-22/h1-5,8,12,23H,6-7,9-11H2,(H,21,24). The minimum absolute atomic E-state index is 0.0174. The van der Waals surface area contributed by atoms with Crippen molar-refractivity contribution in [2.75, 3.05) is 29.9 Å². The summed E-state index contributed by atoms with van der Waals surface area (Å²) in [5, 5.41) is 12.0. The van der Waals surface area contributed by atoms with Gasteiger partial charge in [-0.25, -0.2) is 9.97 Å². The number of aromatic nitrogens is 2. The van der Waals surface area contributed by atoms with Crippen molar-refractivity contribution < 1.29 is 14.3 Å². The molecule has 0 spiro atoms. The summed E-state index contributed by atoms with van der Waals surface area (Å²) in [6.45, 7) is 1.73. The number of amides is 1. The number of nitrogens with zero attached hydrogens (tertiary/aromatic N) is 3. The van der Waals surface area contributed by atoms with Crippen LogP contribution in [0.3, 0.4) is 0 Å². The lowest BCUT2D eigenvalue weighted by Gasteiger charge is -2.33. The first-order valence-electron chi connectivity index (χ1n) is 7.92. The fraction of sp³-hybridized carbons (Fsp3) is 0.353. The third kappa shape index (κ3) is 3.68. The molecule has 3 heterocycles. The van der Waals surface area contributed by atoms with Gasteiger partial charge in [-0.15, -0.1) is 0 Å². The highest BCUT2D eigenvalue weighted by Crippen LogP contribution is 2.27. The predicted octanol–water partition coefficient (Wildman–Crippen LogP) is 2.08. The maximum Gasteiger partial charge on any atom is 0.274 e. The molecule has 0 unspecified atom stereocenters. The van der Waals surface area contributed by atoms with Gasteiger partial charge in [0.2, 0.25) is 5.95 Å². The molecule has 0 bridgehead atoms. The van der Waals surface area contributed by atoms with Gasteiger partial charge < -0.3 is 15.3 Å². The van der Waals surface area contributed by atoms with Crippen LogP contribution in [0.2, 0.25) is 0 Å². The molecule has 0 atom stereocenters. The normalized spacial score (nSPS) is 15.3. The lowest BCUT2D eigenvalue weighted by Crippen LogP contribution is -2.36. The Morgan fingerprint density at radius 1 is 1.29 bits per heavy atom. The van der Waals surface area contributed by atoms with Crippen LogP contribution in [-0.4, -0.2) is 40.7 Å². The molecule has 3 rings (SSSR count). The van der Waals surface area contributed by atoms with Gasteiger partial charge in [-0.3, -0.25) is 4.79 Å². The van der Waals surface area contributed by atoms with Gasteiger partial charge in [-0.1, -0.05) is 6.07 Å². The van der Waals surface area contributed by atoms with Crippen LogP contribution in [0, 0.1) is 11.9 Å². The second-order valence-electron chi connectivity index (χ2n) is 5.79. The van der Waals surface area contributed by atoms with Crippen molar-refractivity contribution in [3.8, 4) is 0 Å². The Labute approximate surface area is 139 Å². The Hall–Kier alpha value is -2.54. The zero-order chi connectivity index (χ0) is 16.9. The van der Waals surface area contributed by atoms with E-state index < -0.39 is 11.9 Å². The van der Waals surface area contributed by atoms with Gasteiger partial charge in [0.05, 0.1) is 5.69 Å². The van der Waals surface area contributed by atoms with E-state index in [1.54, 1.807) is 18.3 Å². The summed E-state index contributed by atoms with van der Waals surface area (Å²) < 4.78 is 13.2. The van der Waals surface area contributed by atoms with Crippen LogP contribution in [-0.2, 0) is 0 Å². The summed E-state index contributed by atoms with van der Waals surface area (Å²) in [4.78, 5) is 22.3. The van der Waals surface area contributed by atoms with Crippen LogP contribution in [0.4, 0.5) is 15.9 Å². The predicted molar refractivity (Wildman–Crippen MR) is 88.4 cm³/mol. The lowest BCUT2D eigenvalue weighted by molar-refractivity contribution is 0.102. The zero-order valence-corrected chi connectivity index (χ0v) is 13.2. The van der Waals surface area contributed by atoms with Gasteiger partial charge in [-0.05, 0) is 43.0 Å². The van der Waals surface area contributed by atoms with Crippen molar-refractivity contribution in [2.45, 2.75) is 12.8 Å². The van der Waals surface area contributed by atoms with E-state index in [4.69, 9.17) is 0 Å². The fourth-order valence-electron chi connectivity index (χ4n) is 2.79. The molecule has 7 heteroatoms. The number of hydrogen-bond acceptors (Lipinski definition) is 5. The molecule has 2 aromatic rings. The summed E-state index contributed by atoms with van der Waals surface area (Å²) in [5.74, 6) is -0.174. The molecule has 0 aliphatic carbocycles. The van der Waals surface area contributed by atoms with E-state index >= 15 is 0 Å². The quantitative estimate of drug-likeness (QED) is 0.839. The van der Waals surface area contributed by atoms with E-state index in [-0.39, 0.29) is 12.3 Å². The third-order valence-electron chi connectivity index (χ3n) is 4.15. The topological polar surface area (TPSA) is 78.4 Å². The van der Waals surface area contributed by atoms with E-state index in [1.807, 2.05) is 0 Å². The van der Waals surface area contributed by atoms with Crippen LogP contribution in [0.5, 0.6) is 0 Å². The van der Waals surface area contributed by atoms with E-state index in [1.165, 1.54) is 18.2 Å². The molecule has 0 radical (unpaired) electrons. The molecule has 1 fully saturated rings. The number of pyridine rings is 2. The van der Waals surface area contributed by atoms with E-state index in [9.17, 15) is 14.3 Å². The number of rotatable bonds is 4. The van der Waals surface area contributed by atoms with E-state index in [0.717, 1.165) is 25.9 Å². The summed E-state index contributed by atoms with van der Waals surface area (Å²) in [6.07, 6.45) is 3.43. The molecular formula is C17H19FN4O2. The number of hydrogen-bond donors (Lipinski definition) is 2. The molecule has 6 nitrogen and oxygen atoms in total. The summed E-state index contributed by atoms with van der Waals surface area (Å²) in [5.41, 5.74) is 0.583. The van der Waals surface area contributed by atoms with Gasteiger partial charge in [0.15, 0.2) is 5.82 Å². The van der Waals surface area contributed by atoms with Crippen molar-refractivity contribution in [1.29, 1.82) is 0 Å². The number of carbonyl (C=O) groups is 1. The molecule has 1 amide bonds. The Morgan fingerprint density at radius 2 is 2.08 bits per heavy atom. The molecule has 1 aliphatic rings. The largest absolute Gasteiger partial charge is 0.396 e. The van der Waals surface area contributed by atoms with Crippen LogP contribution in [0.25, 0.3) is 0 Å². The van der Waals surface area contributed by atoms with Gasteiger partial charge in [0.1, 0.15) is 5.69 Å². The highest BCUT2D eigenvalue weighted by Gasteiger charge is 2.22. The number of anilines is 2. The first kappa shape index (κ1) is 16.3. The molecule has 0 saturated carbocycles. The summed E-state index contributed by atoms with van der Waals surface area (Å²) in [7, 11) is 0. The molecule has 126 valence electrons. The average Bonchev–Trinajstić information content (AvgIpc) is 2.62. The Kier molecular flexibility index (Phi) is 5.00. The zero-order valence-electron chi connectivity index (χ0n) is 13.2. The van der Waals surface area contributed by atoms with Crippen LogP contribution in [0.1, 0.15) is 23.3 Å². The average molecular weight is 330 g/mol. The molecule has 1 saturated heterocycles. The van der Waals surface area contributed by atoms with Gasteiger partial charge in [0.25, 0.3) is 5.91 Å². The number of nitrogens with one attached hydrogen (secondary N) is 1. The second kappa shape index (κ2) is 7.35. The molecule has 2 N–H and O–H groups in total. The fourth-order valence-corrected chi connectivity index (χ4v) is 2.79. The molecule has 24 heavy (non-hydrogen) atoms. The Balaban J connectivity index is 1.76. The van der Waals surface area contributed by atoms with Gasteiger partial charge in [0, 0.05) is 25.9 Å². The number of piperidine rings is 1. The molecule has 2 aromatic heterocycles. The second-order valence-corrected chi connectivity index (χ2v) is 5.79. The van der Waals surface area contributed by atoms with Crippen molar-refractivity contribution >= 4 is 17.4 Å². The van der Waals surface area contributed by atoms with Crippen molar-refractivity contribution in [3.63, 3.8) is 0 Å². The monoisotopic (exact) mass is 330 g/mol.